The number of pyridine rings is 1. The number of carbonyl (C=O) groups is 2. The van der Waals surface area contributed by atoms with Crippen LogP contribution in [0.2, 0.25) is 0 Å². The van der Waals surface area contributed by atoms with E-state index < -0.39 is 5.92 Å². The fraction of sp³-hybridized carbons (Fsp3) is 0.300. The van der Waals surface area contributed by atoms with Crippen molar-refractivity contribution >= 4 is 23.8 Å². The van der Waals surface area contributed by atoms with Gasteiger partial charge in [-0.3, -0.25) is 14.6 Å². The van der Waals surface area contributed by atoms with Gasteiger partial charge in [-0.1, -0.05) is 24.3 Å². The van der Waals surface area contributed by atoms with E-state index in [9.17, 15) is 9.59 Å². The third kappa shape index (κ3) is 3.04. The number of ether oxygens (including phenoxy) is 1. The Morgan fingerprint density at radius 2 is 2.04 bits per heavy atom. The van der Waals surface area contributed by atoms with Crippen molar-refractivity contribution in [2.75, 3.05) is 18.1 Å². The topological polar surface area (TPSA) is 71.9 Å². The van der Waals surface area contributed by atoms with E-state index in [-0.39, 0.29) is 17.9 Å². The molecule has 1 aromatic carbocycles. The summed E-state index contributed by atoms with van der Waals surface area (Å²) in [4.78, 5) is 35.7. The minimum absolute atomic E-state index is 0.119. The van der Waals surface area contributed by atoms with Gasteiger partial charge in [-0.05, 0) is 36.6 Å². The molecule has 0 saturated carbocycles. The van der Waals surface area contributed by atoms with Crippen LogP contribution in [-0.4, -0.2) is 42.3 Å². The SMILES string of the molecule is O=C1c2ccccc2[C@H](C=NC[C@@H]2CCCO2)C(=O)N1c1ccccn1. The number of rotatable bonds is 4. The van der Waals surface area contributed by atoms with Crippen molar-refractivity contribution in [3.8, 4) is 0 Å². The molecule has 2 aromatic rings. The highest BCUT2D eigenvalue weighted by atomic mass is 16.5. The lowest BCUT2D eigenvalue weighted by molar-refractivity contribution is -0.118. The van der Waals surface area contributed by atoms with Gasteiger partial charge in [-0.2, -0.15) is 0 Å². The number of aliphatic imine (C=N–C) groups is 1. The summed E-state index contributed by atoms with van der Waals surface area (Å²) in [7, 11) is 0. The van der Waals surface area contributed by atoms with Gasteiger partial charge in [0.15, 0.2) is 0 Å². The van der Waals surface area contributed by atoms with Crippen LogP contribution in [0.1, 0.15) is 34.7 Å². The number of hydrogen-bond acceptors (Lipinski definition) is 5. The molecule has 0 spiro atoms. The number of nitrogens with zero attached hydrogens (tertiary/aromatic N) is 3. The van der Waals surface area contributed by atoms with Crippen LogP contribution < -0.4 is 4.90 Å². The molecule has 0 bridgehead atoms. The Hall–Kier alpha value is -2.86. The van der Waals surface area contributed by atoms with Crippen LogP contribution in [0.4, 0.5) is 5.82 Å². The summed E-state index contributed by atoms with van der Waals surface area (Å²) in [5.74, 6) is -0.960. The van der Waals surface area contributed by atoms with E-state index in [0.29, 0.717) is 23.5 Å². The van der Waals surface area contributed by atoms with Crippen LogP contribution in [0, 0.1) is 0 Å². The molecule has 6 heteroatoms. The first-order valence-corrected chi connectivity index (χ1v) is 8.75. The normalized spacial score (nSPS) is 22.8. The lowest BCUT2D eigenvalue weighted by atomic mass is 9.89. The second-order valence-corrected chi connectivity index (χ2v) is 6.38. The third-order valence-corrected chi connectivity index (χ3v) is 4.68. The number of hydrogen-bond donors (Lipinski definition) is 0. The molecule has 2 aliphatic rings. The Kier molecular flexibility index (Phi) is 4.58. The van der Waals surface area contributed by atoms with Crippen LogP contribution in [0.15, 0.2) is 53.7 Å². The summed E-state index contributed by atoms with van der Waals surface area (Å²) in [6.45, 7) is 1.30. The van der Waals surface area contributed by atoms with Gasteiger partial charge in [0.05, 0.1) is 18.6 Å². The lowest BCUT2D eigenvalue weighted by Gasteiger charge is -2.30. The standard InChI is InChI=1S/C20H19N3O3/c24-19-16-8-2-1-7-15(16)17(13-21-12-14-6-5-11-26-14)20(25)23(19)18-9-3-4-10-22-18/h1-4,7-10,13-14,17H,5-6,11-12H2/t14-,17-/m0/s1. The minimum Gasteiger partial charge on any atom is -0.376 e. The Bertz CT molecular complexity index is 844. The zero-order valence-electron chi connectivity index (χ0n) is 14.2. The maximum absolute atomic E-state index is 13.1. The van der Waals surface area contributed by atoms with Crippen LogP contribution in [0.3, 0.4) is 0 Å². The van der Waals surface area contributed by atoms with Gasteiger partial charge in [0.1, 0.15) is 5.82 Å². The van der Waals surface area contributed by atoms with E-state index in [1.807, 2.05) is 12.1 Å². The molecular formula is C20H19N3O3. The molecule has 1 fully saturated rings. The summed E-state index contributed by atoms with van der Waals surface area (Å²) in [5.41, 5.74) is 1.19. The van der Waals surface area contributed by atoms with E-state index in [1.165, 1.54) is 0 Å². The van der Waals surface area contributed by atoms with Gasteiger partial charge in [-0.25, -0.2) is 9.88 Å². The van der Waals surface area contributed by atoms with Crippen molar-refractivity contribution in [1.82, 2.24) is 4.98 Å². The first-order valence-electron chi connectivity index (χ1n) is 8.75. The number of aromatic nitrogens is 1. The lowest BCUT2D eigenvalue weighted by Crippen LogP contribution is -2.46. The minimum atomic E-state index is -0.604. The highest BCUT2D eigenvalue weighted by molar-refractivity contribution is 6.28. The average molecular weight is 349 g/mol. The molecule has 1 aromatic heterocycles. The van der Waals surface area contributed by atoms with Crippen molar-refractivity contribution in [2.45, 2.75) is 24.9 Å². The molecule has 2 atom stereocenters. The second-order valence-electron chi connectivity index (χ2n) is 6.38. The molecule has 0 unspecified atom stereocenters. The summed E-state index contributed by atoms with van der Waals surface area (Å²) in [5, 5.41) is 0. The van der Waals surface area contributed by atoms with E-state index in [2.05, 4.69) is 9.98 Å². The van der Waals surface area contributed by atoms with Crippen molar-refractivity contribution < 1.29 is 14.3 Å². The van der Waals surface area contributed by atoms with E-state index in [4.69, 9.17) is 4.74 Å². The molecule has 0 radical (unpaired) electrons. The van der Waals surface area contributed by atoms with Crippen LogP contribution >= 0.6 is 0 Å². The first kappa shape index (κ1) is 16.6. The monoisotopic (exact) mass is 349 g/mol. The molecule has 2 amide bonds. The van der Waals surface area contributed by atoms with Crippen molar-refractivity contribution in [2.24, 2.45) is 4.99 Å². The molecule has 1 saturated heterocycles. The smallest absolute Gasteiger partial charge is 0.266 e. The molecule has 132 valence electrons. The third-order valence-electron chi connectivity index (χ3n) is 4.68. The maximum Gasteiger partial charge on any atom is 0.266 e. The molecule has 0 aliphatic carbocycles. The Balaban J connectivity index is 1.67. The fourth-order valence-electron chi connectivity index (χ4n) is 3.37. The van der Waals surface area contributed by atoms with Gasteiger partial charge in [0.2, 0.25) is 5.91 Å². The van der Waals surface area contributed by atoms with E-state index >= 15 is 0 Å². The number of amides is 2. The Labute approximate surface area is 151 Å². The predicted octanol–water partition coefficient (Wildman–Crippen LogP) is 2.60. The molecule has 3 heterocycles. The van der Waals surface area contributed by atoms with Gasteiger partial charge >= 0.3 is 0 Å². The summed E-state index contributed by atoms with van der Waals surface area (Å²) < 4.78 is 5.57. The quantitative estimate of drug-likeness (QED) is 0.628. The van der Waals surface area contributed by atoms with E-state index in [0.717, 1.165) is 24.3 Å². The summed E-state index contributed by atoms with van der Waals surface area (Å²) in [6.07, 6.45) is 5.37. The number of imide groups is 1. The van der Waals surface area contributed by atoms with Crippen LogP contribution in [-0.2, 0) is 9.53 Å². The molecule has 6 nitrogen and oxygen atoms in total. The number of benzene rings is 1. The maximum atomic E-state index is 13.1. The Morgan fingerprint density at radius 1 is 1.19 bits per heavy atom. The number of fused-ring (bicyclic) bond motifs is 1. The zero-order valence-corrected chi connectivity index (χ0v) is 14.2. The van der Waals surface area contributed by atoms with Gasteiger partial charge in [0.25, 0.3) is 5.91 Å². The van der Waals surface area contributed by atoms with Crippen LogP contribution in [0.25, 0.3) is 0 Å². The molecule has 26 heavy (non-hydrogen) atoms. The van der Waals surface area contributed by atoms with Gasteiger partial charge in [-0.15, -0.1) is 0 Å². The van der Waals surface area contributed by atoms with Crippen molar-refractivity contribution in [1.29, 1.82) is 0 Å². The highest BCUT2D eigenvalue weighted by Gasteiger charge is 2.39. The first-order chi connectivity index (χ1) is 12.8. The van der Waals surface area contributed by atoms with Crippen LogP contribution in [0.5, 0.6) is 0 Å². The predicted molar refractivity (Wildman–Crippen MR) is 97.6 cm³/mol. The summed E-state index contributed by atoms with van der Waals surface area (Å²) in [6, 6.07) is 12.3. The number of anilines is 1. The van der Waals surface area contributed by atoms with E-state index in [1.54, 1.807) is 42.7 Å². The highest BCUT2D eigenvalue weighted by Crippen LogP contribution is 2.31. The fourth-order valence-corrected chi connectivity index (χ4v) is 3.37. The van der Waals surface area contributed by atoms with Gasteiger partial charge in [0, 0.05) is 24.6 Å². The Morgan fingerprint density at radius 3 is 2.81 bits per heavy atom. The van der Waals surface area contributed by atoms with Crippen molar-refractivity contribution in [3.63, 3.8) is 0 Å². The number of carbonyl (C=O) groups excluding carboxylic acids is 2. The largest absolute Gasteiger partial charge is 0.376 e. The van der Waals surface area contributed by atoms with Gasteiger partial charge < -0.3 is 4.74 Å². The molecule has 2 aliphatic heterocycles. The zero-order chi connectivity index (χ0) is 17.9. The molecular weight excluding hydrogens is 330 g/mol. The second kappa shape index (κ2) is 7.17. The molecule has 4 rings (SSSR count). The summed E-state index contributed by atoms with van der Waals surface area (Å²) >= 11 is 0. The van der Waals surface area contributed by atoms with Crippen molar-refractivity contribution in [3.05, 3.63) is 59.8 Å². The average Bonchev–Trinajstić information content (AvgIpc) is 3.19. The molecule has 0 N–H and O–H groups in total.